The van der Waals surface area contributed by atoms with Gasteiger partial charge in [0.05, 0.1) is 35.5 Å². The van der Waals surface area contributed by atoms with Crippen molar-refractivity contribution >= 4 is 75.3 Å². The van der Waals surface area contributed by atoms with Gasteiger partial charge in [-0.1, -0.05) is 23.8 Å². The standard InChI is InChI=1S/C42H32Cl2F5N5O6/c1-4-60-27-7-5-6-25(36(27)55)29-23-16-17-24-28(38(57)53(37(24)56)22-14-10-20(11-15-22)51-50-19-8-12-21(13-9-19)52(2)3)26(23)18-41(43)39(58)54(40(59)42(29,41)44)35-33(48)31(46)30(45)32(47)34(35)49/h5-16,24,26,28-29,55H,4,17-18H2,1-3H3. The third-order valence-electron chi connectivity index (χ3n) is 11.6. The van der Waals surface area contributed by atoms with Crippen LogP contribution >= 0.6 is 23.2 Å². The molecule has 2 aliphatic carbocycles. The Kier molecular flexibility index (Phi) is 10.0. The van der Waals surface area contributed by atoms with Crippen LogP contribution in [0.1, 0.15) is 31.2 Å². The summed E-state index contributed by atoms with van der Waals surface area (Å²) in [6.45, 7) is 1.69. The van der Waals surface area contributed by atoms with Crippen molar-refractivity contribution in [3.05, 3.63) is 113 Å². The molecule has 11 nitrogen and oxygen atoms in total. The van der Waals surface area contributed by atoms with Gasteiger partial charge in [-0.25, -0.2) is 26.9 Å². The number of carbonyl (C=O) groups excluding carboxylic acids is 4. The zero-order valence-corrected chi connectivity index (χ0v) is 33.2. The van der Waals surface area contributed by atoms with E-state index in [1.54, 1.807) is 31.2 Å². The van der Waals surface area contributed by atoms with Crippen molar-refractivity contribution in [2.75, 3.05) is 35.4 Å². The third kappa shape index (κ3) is 5.81. The number of phenols is 1. The molecular formula is C42H32Cl2F5N5O6. The predicted molar refractivity (Wildman–Crippen MR) is 210 cm³/mol. The molecule has 0 bridgehead atoms. The molecule has 4 amide bonds. The number of alkyl halides is 2. The number of anilines is 3. The summed E-state index contributed by atoms with van der Waals surface area (Å²) < 4.78 is 79.6. The second-order valence-electron chi connectivity index (χ2n) is 15.0. The summed E-state index contributed by atoms with van der Waals surface area (Å²) in [6.07, 6.45) is 0.738. The lowest BCUT2D eigenvalue weighted by Gasteiger charge is -2.50. The van der Waals surface area contributed by atoms with Crippen LogP contribution < -0.4 is 19.4 Å². The number of allylic oxidation sites excluding steroid dienone is 2. The Morgan fingerprint density at radius 3 is 1.95 bits per heavy atom. The number of rotatable bonds is 8. The summed E-state index contributed by atoms with van der Waals surface area (Å²) in [7, 11) is 3.81. The van der Waals surface area contributed by atoms with E-state index in [9.17, 15) is 37.5 Å². The van der Waals surface area contributed by atoms with Crippen molar-refractivity contribution in [1.29, 1.82) is 0 Å². The van der Waals surface area contributed by atoms with E-state index in [1.807, 2.05) is 31.1 Å². The van der Waals surface area contributed by atoms with Gasteiger partial charge in [0.2, 0.25) is 17.6 Å². The Balaban J connectivity index is 1.20. The van der Waals surface area contributed by atoms with Gasteiger partial charge in [0.1, 0.15) is 5.69 Å². The molecule has 2 saturated heterocycles. The second-order valence-corrected chi connectivity index (χ2v) is 16.2. The molecule has 1 N–H and O–H groups in total. The summed E-state index contributed by atoms with van der Waals surface area (Å²) in [4.78, 5) is 54.8. The minimum atomic E-state index is -2.81. The summed E-state index contributed by atoms with van der Waals surface area (Å²) in [6, 6.07) is 17.6. The van der Waals surface area contributed by atoms with Gasteiger partial charge in [0.25, 0.3) is 11.8 Å². The minimum absolute atomic E-state index is 0.0643. The second kappa shape index (κ2) is 14.7. The molecule has 0 spiro atoms. The summed E-state index contributed by atoms with van der Waals surface area (Å²) >= 11 is 14.4. The number of nitrogens with zero attached hydrogens (tertiary/aromatic N) is 5. The van der Waals surface area contributed by atoms with E-state index < -0.39 is 104 Å². The van der Waals surface area contributed by atoms with Crippen LogP contribution in [0.4, 0.5) is 50.4 Å². The molecule has 6 atom stereocenters. The lowest BCUT2D eigenvalue weighted by Crippen LogP contribution is -2.60. The normalized spacial score (nSPS) is 26.1. The molecule has 6 unspecified atom stereocenters. The van der Waals surface area contributed by atoms with Crippen molar-refractivity contribution in [2.24, 2.45) is 28.0 Å². The molecule has 2 heterocycles. The molecule has 1 saturated carbocycles. The van der Waals surface area contributed by atoms with Gasteiger partial charge in [-0.2, -0.15) is 10.2 Å². The first kappa shape index (κ1) is 40.9. The van der Waals surface area contributed by atoms with Crippen LogP contribution in [0.3, 0.4) is 0 Å². The number of imide groups is 2. The van der Waals surface area contributed by atoms with Crippen molar-refractivity contribution in [1.82, 2.24) is 0 Å². The number of hydrogen-bond donors (Lipinski definition) is 1. The fraction of sp³-hybridized carbons (Fsp3) is 0.286. The Morgan fingerprint density at radius 1 is 0.783 bits per heavy atom. The number of ether oxygens (including phenoxy) is 1. The maximum absolute atomic E-state index is 15.4. The number of azo groups is 1. The first-order valence-corrected chi connectivity index (χ1v) is 19.3. The SMILES string of the molecule is CCOc1cccc(C2C3=CCC4C(=O)N(c5ccc(N=Nc6ccc(N(C)C)cc6)cc5)C(=O)C4C3CC3(Cl)C(=O)N(c4c(F)c(F)c(F)c(F)c4F)C(=O)C23Cl)c1O. The number of aromatic hydroxyl groups is 1. The highest BCUT2D eigenvalue weighted by atomic mass is 35.5. The monoisotopic (exact) mass is 867 g/mol. The molecule has 60 heavy (non-hydrogen) atoms. The van der Waals surface area contributed by atoms with E-state index in [0.717, 1.165) is 10.6 Å². The summed E-state index contributed by atoms with van der Waals surface area (Å²) in [5, 5.41) is 20.1. The van der Waals surface area contributed by atoms with Crippen LogP contribution in [0.15, 0.2) is 88.6 Å². The Labute approximate surface area is 348 Å². The Hall–Kier alpha value is -5.87. The number of fused-ring (bicyclic) bond motifs is 4. The molecule has 2 aliphatic heterocycles. The minimum Gasteiger partial charge on any atom is -0.504 e. The third-order valence-corrected chi connectivity index (χ3v) is 13.0. The number of halogens is 7. The van der Waals surface area contributed by atoms with Gasteiger partial charge in [0.15, 0.2) is 44.5 Å². The van der Waals surface area contributed by atoms with Crippen molar-refractivity contribution in [3.63, 3.8) is 0 Å². The number of para-hydroxylation sites is 1. The lowest BCUT2D eigenvalue weighted by molar-refractivity contribution is -0.125. The highest BCUT2D eigenvalue weighted by molar-refractivity contribution is 6.58. The zero-order valence-electron chi connectivity index (χ0n) is 31.7. The molecule has 3 fully saturated rings. The molecule has 0 radical (unpaired) electrons. The topological polar surface area (TPSA) is 132 Å². The zero-order chi connectivity index (χ0) is 43.2. The van der Waals surface area contributed by atoms with E-state index in [-0.39, 0.29) is 40.5 Å². The number of hydrogen-bond acceptors (Lipinski definition) is 9. The molecule has 4 aliphatic rings. The van der Waals surface area contributed by atoms with Crippen LogP contribution in [0.5, 0.6) is 11.5 Å². The van der Waals surface area contributed by atoms with E-state index in [4.69, 9.17) is 27.9 Å². The van der Waals surface area contributed by atoms with Crippen LogP contribution in [0.2, 0.25) is 0 Å². The molecular weight excluding hydrogens is 836 g/mol. The average molecular weight is 869 g/mol. The maximum Gasteiger partial charge on any atom is 0.258 e. The molecule has 8 rings (SSSR count). The van der Waals surface area contributed by atoms with Gasteiger partial charge in [-0.05, 0) is 80.3 Å². The number of benzene rings is 4. The van der Waals surface area contributed by atoms with Crippen molar-refractivity contribution in [2.45, 2.75) is 35.4 Å². The largest absolute Gasteiger partial charge is 0.504 e. The van der Waals surface area contributed by atoms with Gasteiger partial charge >= 0.3 is 0 Å². The van der Waals surface area contributed by atoms with E-state index in [0.29, 0.717) is 11.4 Å². The number of phenolic OH excluding ortho intramolecular Hbond substituents is 1. The van der Waals surface area contributed by atoms with Crippen LogP contribution in [0.25, 0.3) is 0 Å². The quantitative estimate of drug-likeness (QED) is 0.0357. The molecule has 4 aromatic rings. The molecule has 4 aromatic carbocycles. The van der Waals surface area contributed by atoms with E-state index in [1.165, 1.54) is 36.4 Å². The summed E-state index contributed by atoms with van der Waals surface area (Å²) in [5.74, 6) is -22.8. The van der Waals surface area contributed by atoms with Crippen LogP contribution in [0, 0.1) is 46.8 Å². The van der Waals surface area contributed by atoms with Gasteiger partial charge in [-0.3, -0.25) is 24.1 Å². The van der Waals surface area contributed by atoms with E-state index in [2.05, 4.69) is 10.2 Å². The first-order chi connectivity index (χ1) is 28.5. The van der Waals surface area contributed by atoms with Crippen LogP contribution in [-0.2, 0) is 19.2 Å². The smallest absolute Gasteiger partial charge is 0.258 e. The molecule has 310 valence electrons. The number of carbonyl (C=O) groups is 4. The van der Waals surface area contributed by atoms with Crippen LogP contribution in [-0.4, -0.2) is 59.2 Å². The summed E-state index contributed by atoms with van der Waals surface area (Å²) in [5.41, 5.74) is 0.247. The lowest BCUT2D eigenvalue weighted by atomic mass is 9.56. The van der Waals surface area contributed by atoms with Gasteiger partial charge in [-0.15, -0.1) is 23.2 Å². The first-order valence-electron chi connectivity index (χ1n) is 18.6. The molecule has 0 aromatic heterocycles. The fourth-order valence-electron chi connectivity index (χ4n) is 8.81. The highest BCUT2D eigenvalue weighted by Gasteiger charge is 2.77. The van der Waals surface area contributed by atoms with E-state index >= 15 is 8.78 Å². The van der Waals surface area contributed by atoms with Gasteiger partial charge in [0, 0.05) is 31.3 Å². The highest BCUT2D eigenvalue weighted by Crippen LogP contribution is 2.67. The average Bonchev–Trinajstić information content (AvgIpc) is 3.57. The molecule has 18 heteroatoms. The Bertz CT molecular complexity index is 2550. The Morgan fingerprint density at radius 2 is 1.37 bits per heavy atom. The number of amides is 4. The maximum atomic E-state index is 15.4. The van der Waals surface area contributed by atoms with Gasteiger partial charge < -0.3 is 14.7 Å². The van der Waals surface area contributed by atoms with Crippen molar-refractivity contribution in [3.8, 4) is 11.5 Å². The predicted octanol–water partition coefficient (Wildman–Crippen LogP) is 8.74. The van der Waals surface area contributed by atoms with Crippen molar-refractivity contribution < 1.29 is 51.0 Å². The fourth-order valence-corrected chi connectivity index (χ4v) is 9.74.